The van der Waals surface area contributed by atoms with Crippen molar-refractivity contribution >= 4 is 33.6 Å². The summed E-state index contributed by atoms with van der Waals surface area (Å²) in [5, 5.41) is 11.4. The molecule has 182 valence electrons. The van der Waals surface area contributed by atoms with Crippen molar-refractivity contribution in [3.63, 3.8) is 0 Å². The first-order valence-corrected chi connectivity index (χ1v) is 11.7. The molecule has 0 unspecified atom stereocenters. The van der Waals surface area contributed by atoms with Gasteiger partial charge in [0.05, 0.1) is 26.3 Å². The predicted molar refractivity (Wildman–Crippen MR) is 135 cm³/mol. The second kappa shape index (κ2) is 9.43. The summed E-state index contributed by atoms with van der Waals surface area (Å²) in [6.45, 7) is 0.153. The van der Waals surface area contributed by atoms with Crippen LogP contribution in [-0.4, -0.2) is 23.9 Å². The highest BCUT2D eigenvalue weighted by Crippen LogP contribution is 2.38. The van der Waals surface area contributed by atoms with E-state index in [1.165, 1.54) is 29.9 Å². The van der Waals surface area contributed by atoms with Crippen LogP contribution in [0.5, 0.6) is 17.2 Å². The number of fused-ring (bicyclic) bond motifs is 3. The zero-order chi connectivity index (χ0) is 25.4. The van der Waals surface area contributed by atoms with Crippen molar-refractivity contribution in [1.82, 2.24) is 4.57 Å². The van der Waals surface area contributed by atoms with Gasteiger partial charge in [0.25, 0.3) is 5.56 Å². The van der Waals surface area contributed by atoms with Gasteiger partial charge >= 0.3 is 5.63 Å². The molecular formula is C27H20FNO6S. The fourth-order valence-corrected chi connectivity index (χ4v) is 4.92. The lowest BCUT2D eigenvalue weighted by molar-refractivity contribution is 0.414. The molecule has 0 bridgehead atoms. The molecule has 1 N–H and O–H groups in total. The van der Waals surface area contributed by atoms with E-state index in [0.29, 0.717) is 27.3 Å². The molecule has 0 radical (unpaired) electrons. The van der Waals surface area contributed by atoms with Gasteiger partial charge in [-0.15, -0.1) is 0 Å². The van der Waals surface area contributed by atoms with Crippen molar-refractivity contribution in [3.8, 4) is 17.2 Å². The molecule has 0 spiro atoms. The monoisotopic (exact) mass is 505 g/mol. The Morgan fingerprint density at radius 3 is 2.47 bits per heavy atom. The molecule has 2 heterocycles. The number of ether oxygens (including phenoxy) is 2. The smallest absolute Gasteiger partial charge is 0.354 e. The van der Waals surface area contributed by atoms with Crippen molar-refractivity contribution in [2.45, 2.75) is 16.3 Å². The van der Waals surface area contributed by atoms with Crippen LogP contribution in [0.2, 0.25) is 0 Å². The van der Waals surface area contributed by atoms with Crippen LogP contribution in [-0.2, 0) is 6.54 Å². The van der Waals surface area contributed by atoms with E-state index in [2.05, 4.69) is 0 Å². The van der Waals surface area contributed by atoms with Crippen molar-refractivity contribution in [2.75, 3.05) is 14.2 Å². The molecule has 7 nitrogen and oxygen atoms in total. The van der Waals surface area contributed by atoms with E-state index in [4.69, 9.17) is 13.9 Å². The summed E-state index contributed by atoms with van der Waals surface area (Å²) < 4.78 is 31.4. The highest BCUT2D eigenvalue weighted by atomic mass is 32.2. The van der Waals surface area contributed by atoms with Crippen LogP contribution < -0.4 is 20.7 Å². The Morgan fingerprint density at radius 1 is 0.972 bits per heavy atom. The Bertz CT molecular complexity index is 1740. The lowest BCUT2D eigenvalue weighted by Crippen LogP contribution is -2.23. The number of rotatable bonds is 6. The van der Waals surface area contributed by atoms with Gasteiger partial charge in [-0.25, -0.2) is 9.18 Å². The molecular weight excluding hydrogens is 485 g/mol. The fourth-order valence-electron chi connectivity index (χ4n) is 4.04. The first kappa shape index (κ1) is 23.5. The molecule has 9 heteroatoms. The minimum absolute atomic E-state index is 0.0364. The zero-order valence-electron chi connectivity index (χ0n) is 19.3. The predicted octanol–water partition coefficient (Wildman–Crippen LogP) is 5.17. The summed E-state index contributed by atoms with van der Waals surface area (Å²) >= 11 is 0.824. The summed E-state index contributed by atoms with van der Waals surface area (Å²) in [4.78, 5) is 26.8. The van der Waals surface area contributed by atoms with Gasteiger partial charge < -0.3 is 23.6 Å². The highest BCUT2D eigenvalue weighted by molar-refractivity contribution is 7.99. The van der Waals surface area contributed by atoms with E-state index in [0.717, 1.165) is 17.3 Å². The maximum absolute atomic E-state index is 13.8. The molecule has 2 aromatic heterocycles. The second-order valence-corrected chi connectivity index (χ2v) is 9.04. The van der Waals surface area contributed by atoms with Crippen LogP contribution in [0, 0.1) is 5.82 Å². The van der Waals surface area contributed by atoms with Gasteiger partial charge in [-0.2, -0.15) is 0 Å². The quantitative estimate of drug-likeness (QED) is 0.319. The van der Waals surface area contributed by atoms with Crippen LogP contribution in [0.15, 0.2) is 90.5 Å². The van der Waals surface area contributed by atoms with E-state index in [1.54, 1.807) is 43.5 Å². The Labute approximate surface area is 208 Å². The van der Waals surface area contributed by atoms with E-state index in [9.17, 15) is 19.1 Å². The third kappa shape index (κ3) is 4.18. The molecule has 36 heavy (non-hydrogen) atoms. The molecule has 0 saturated heterocycles. The Hall–Kier alpha value is -4.24. The highest BCUT2D eigenvalue weighted by Gasteiger charge is 2.23. The molecule has 0 aliphatic carbocycles. The molecule has 5 aromatic rings. The summed E-state index contributed by atoms with van der Waals surface area (Å²) in [6, 6.07) is 17.8. The second-order valence-electron chi connectivity index (χ2n) is 7.96. The van der Waals surface area contributed by atoms with Crippen LogP contribution in [0.3, 0.4) is 0 Å². The standard InChI is InChI=1S/C27H20FNO6S/c1-33-17-7-3-5-15(11-17)14-29-21-13-18(34-2)9-10-20(21)24-22(26(29)31)23(30)25(27(32)35-24)36-19-8-4-6-16(28)12-19/h3-13,30H,14H2,1-2H3. The number of methoxy groups -OCH3 is 2. The molecule has 0 fully saturated rings. The largest absolute Gasteiger partial charge is 0.505 e. The lowest BCUT2D eigenvalue weighted by Gasteiger charge is -2.15. The van der Waals surface area contributed by atoms with Gasteiger partial charge in [0, 0.05) is 16.3 Å². The molecule has 5 rings (SSSR count). The number of benzene rings is 3. The maximum Gasteiger partial charge on any atom is 0.354 e. The van der Waals surface area contributed by atoms with E-state index < -0.39 is 22.8 Å². The number of aromatic nitrogens is 1. The first-order valence-electron chi connectivity index (χ1n) is 10.9. The lowest BCUT2D eigenvalue weighted by atomic mass is 10.1. The summed E-state index contributed by atoms with van der Waals surface area (Å²) in [5.41, 5.74) is -0.188. The minimum atomic E-state index is -0.837. The summed E-state index contributed by atoms with van der Waals surface area (Å²) in [7, 11) is 3.06. The molecule has 0 aliphatic heterocycles. The van der Waals surface area contributed by atoms with Crippen molar-refractivity contribution < 1.29 is 23.4 Å². The van der Waals surface area contributed by atoms with Gasteiger partial charge in [-0.1, -0.05) is 30.0 Å². The number of hydrogen-bond acceptors (Lipinski definition) is 7. The molecule has 0 saturated carbocycles. The van der Waals surface area contributed by atoms with E-state index >= 15 is 0 Å². The number of pyridine rings is 1. The molecule has 0 amide bonds. The first-order chi connectivity index (χ1) is 17.4. The van der Waals surface area contributed by atoms with Gasteiger partial charge in [-0.05, 0) is 48.0 Å². The Kier molecular flexibility index (Phi) is 6.15. The van der Waals surface area contributed by atoms with E-state index in [-0.39, 0.29) is 22.4 Å². The number of nitrogens with zero attached hydrogens (tertiary/aromatic N) is 1. The number of aromatic hydroxyl groups is 1. The zero-order valence-corrected chi connectivity index (χ0v) is 20.1. The van der Waals surface area contributed by atoms with Gasteiger partial charge in [-0.3, -0.25) is 4.79 Å². The number of hydrogen-bond donors (Lipinski definition) is 1. The summed E-state index contributed by atoms with van der Waals surface area (Å²) in [5.74, 6) is 0.124. The Morgan fingerprint density at radius 2 is 1.72 bits per heavy atom. The molecule has 0 atom stereocenters. The van der Waals surface area contributed by atoms with Gasteiger partial charge in [0.1, 0.15) is 27.6 Å². The topological polar surface area (TPSA) is 90.9 Å². The van der Waals surface area contributed by atoms with E-state index in [1.807, 2.05) is 12.1 Å². The molecule has 3 aromatic carbocycles. The van der Waals surface area contributed by atoms with Crippen molar-refractivity contribution in [2.24, 2.45) is 0 Å². The minimum Gasteiger partial charge on any atom is -0.505 e. The SMILES string of the molecule is COc1cccc(Cn2c(=O)c3c(O)c(Sc4cccc(F)c4)c(=O)oc3c3ccc(OC)cc32)c1. The van der Waals surface area contributed by atoms with Gasteiger partial charge in [0.15, 0.2) is 11.3 Å². The van der Waals surface area contributed by atoms with Crippen LogP contribution in [0.1, 0.15) is 5.56 Å². The molecule has 0 aliphatic rings. The maximum atomic E-state index is 13.8. The normalized spacial score (nSPS) is 11.2. The average Bonchev–Trinajstić information content (AvgIpc) is 2.88. The van der Waals surface area contributed by atoms with Crippen molar-refractivity contribution in [3.05, 3.63) is 98.9 Å². The third-order valence-corrected chi connectivity index (χ3v) is 6.80. The van der Waals surface area contributed by atoms with Gasteiger partial charge in [0.2, 0.25) is 0 Å². The van der Waals surface area contributed by atoms with Crippen LogP contribution in [0.4, 0.5) is 4.39 Å². The van der Waals surface area contributed by atoms with Crippen molar-refractivity contribution in [1.29, 1.82) is 0 Å². The van der Waals surface area contributed by atoms with Crippen LogP contribution in [0.25, 0.3) is 21.9 Å². The van der Waals surface area contributed by atoms with Crippen LogP contribution >= 0.6 is 11.8 Å². The summed E-state index contributed by atoms with van der Waals surface area (Å²) in [6.07, 6.45) is 0. The third-order valence-electron chi connectivity index (χ3n) is 5.75. The average molecular weight is 506 g/mol. The fraction of sp³-hybridized carbons (Fsp3) is 0.111. The Balaban J connectivity index is 1.79. The number of halogens is 1.